The largest absolute Gasteiger partial charge is 0.372 e. The van der Waals surface area contributed by atoms with Gasteiger partial charge in [0.15, 0.2) is 0 Å². The summed E-state index contributed by atoms with van der Waals surface area (Å²) in [7, 11) is 0. The molecule has 1 aliphatic heterocycles. The van der Waals surface area contributed by atoms with Gasteiger partial charge in [0.1, 0.15) is 0 Å². The molecule has 2 unspecified atom stereocenters. The summed E-state index contributed by atoms with van der Waals surface area (Å²) in [4.78, 5) is 19.2. The number of aromatic nitrogens is 6. The predicted octanol–water partition coefficient (Wildman–Crippen LogP) is 1.50. The van der Waals surface area contributed by atoms with Crippen molar-refractivity contribution < 1.29 is 4.74 Å². The lowest BCUT2D eigenvalue weighted by Crippen LogP contribution is -2.46. The van der Waals surface area contributed by atoms with E-state index >= 15 is 0 Å². The molecule has 29 heavy (non-hydrogen) atoms. The number of pyridine rings is 1. The predicted molar refractivity (Wildman–Crippen MR) is 108 cm³/mol. The SMILES string of the molecule is Cc1ccc(-n2nnc(C)c2Cn2ncc(N3CC(C)OC(C)C3)cc2=O)cn1. The van der Waals surface area contributed by atoms with Crippen molar-refractivity contribution in [2.75, 3.05) is 18.0 Å². The molecule has 0 bridgehead atoms. The minimum Gasteiger partial charge on any atom is -0.372 e. The second-order valence-electron chi connectivity index (χ2n) is 7.56. The molecule has 3 aromatic rings. The Hall–Kier alpha value is -3.07. The lowest BCUT2D eigenvalue weighted by molar-refractivity contribution is -0.00525. The molecule has 0 radical (unpaired) electrons. The average molecular weight is 395 g/mol. The standard InChI is InChI=1S/C20H25N7O2/c1-13-5-6-17(8-21-13)27-19(16(4)23-24-27)12-26-20(28)7-18(9-22-26)25-10-14(2)29-15(3)11-25/h5-9,14-15H,10-12H2,1-4H3. The maximum Gasteiger partial charge on any atom is 0.269 e. The van der Waals surface area contributed by atoms with Crippen LogP contribution < -0.4 is 10.5 Å². The molecule has 0 spiro atoms. The minimum absolute atomic E-state index is 0.118. The number of hydrogen-bond donors (Lipinski definition) is 0. The summed E-state index contributed by atoms with van der Waals surface area (Å²) >= 11 is 0. The zero-order valence-corrected chi connectivity index (χ0v) is 17.1. The van der Waals surface area contributed by atoms with Crippen LogP contribution in [0.25, 0.3) is 5.69 Å². The highest BCUT2D eigenvalue weighted by molar-refractivity contribution is 5.43. The van der Waals surface area contributed by atoms with E-state index in [1.54, 1.807) is 23.1 Å². The molecule has 9 nitrogen and oxygen atoms in total. The molecule has 1 fully saturated rings. The van der Waals surface area contributed by atoms with Crippen LogP contribution in [0.5, 0.6) is 0 Å². The first-order chi connectivity index (χ1) is 13.9. The third kappa shape index (κ3) is 4.04. The van der Waals surface area contributed by atoms with Crippen molar-refractivity contribution >= 4 is 5.69 Å². The van der Waals surface area contributed by atoms with Crippen molar-refractivity contribution in [3.63, 3.8) is 0 Å². The minimum atomic E-state index is -0.163. The summed E-state index contributed by atoms with van der Waals surface area (Å²) in [6, 6.07) is 5.48. The molecular formula is C20H25N7O2. The summed E-state index contributed by atoms with van der Waals surface area (Å²) < 4.78 is 8.91. The Morgan fingerprint density at radius 1 is 1.10 bits per heavy atom. The van der Waals surface area contributed by atoms with Crippen molar-refractivity contribution in [3.8, 4) is 5.69 Å². The summed E-state index contributed by atoms with van der Waals surface area (Å²) in [6.45, 7) is 9.64. The van der Waals surface area contributed by atoms with E-state index in [1.807, 2.05) is 39.8 Å². The van der Waals surface area contributed by atoms with Crippen LogP contribution in [0.3, 0.4) is 0 Å². The molecule has 152 valence electrons. The maximum atomic E-state index is 12.8. The van der Waals surface area contributed by atoms with Gasteiger partial charge in [-0.1, -0.05) is 5.21 Å². The zero-order valence-electron chi connectivity index (χ0n) is 17.1. The van der Waals surface area contributed by atoms with Gasteiger partial charge in [0.05, 0.1) is 53.9 Å². The fourth-order valence-corrected chi connectivity index (χ4v) is 3.60. The van der Waals surface area contributed by atoms with Crippen LogP contribution in [0.15, 0.2) is 35.4 Å². The molecule has 0 amide bonds. The smallest absolute Gasteiger partial charge is 0.269 e. The van der Waals surface area contributed by atoms with Crippen LogP contribution in [0, 0.1) is 13.8 Å². The molecule has 0 aromatic carbocycles. The van der Waals surface area contributed by atoms with E-state index in [0.717, 1.165) is 41.5 Å². The van der Waals surface area contributed by atoms with E-state index in [-0.39, 0.29) is 24.3 Å². The van der Waals surface area contributed by atoms with Crippen LogP contribution in [-0.2, 0) is 11.3 Å². The number of morpholine rings is 1. The van der Waals surface area contributed by atoms with Gasteiger partial charge in [0.2, 0.25) is 0 Å². The lowest BCUT2D eigenvalue weighted by Gasteiger charge is -2.36. The van der Waals surface area contributed by atoms with Gasteiger partial charge >= 0.3 is 0 Å². The fraction of sp³-hybridized carbons (Fsp3) is 0.450. The summed E-state index contributed by atoms with van der Waals surface area (Å²) in [5.41, 5.74) is 3.92. The molecule has 4 heterocycles. The van der Waals surface area contributed by atoms with Gasteiger partial charge in [-0.2, -0.15) is 5.10 Å². The van der Waals surface area contributed by atoms with Crippen molar-refractivity contribution in [2.24, 2.45) is 0 Å². The van der Waals surface area contributed by atoms with E-state index < -0.39 is 0 Å². The van der Waals surface area contributed by atoms with E-state index in [0.29, 0.717) is 0 Å². The van der Waals surface area contributed by atoms with E-state index in [2.05, 4.69) is 25.3 Å². The Labute approximate surface area is 168 Å². The fourth-order valence-electron chi connectivity index (χ4n) is 3.60. The zero-order chi connectivity index (χ0) is 20.5. The number of aryl methyl sites for hydroxylation is 2. The molecule has 0 aliphatic carbocycles. The highest BCUT2D eigenvalue weighted by Crippen LogP contribution is 2.18. The molecule has 9 heteroatoms. The van der Waals surface area contributed by atoms with Gasteiger partial charge in [-0.15, -0.1) is 5.10 Å². The molecule has 0 N–H and O–H groups in total. The molecule has 1 aliphatic rings. The van der Waals surface area contributed by atoms with Crippen LogP contribution in [0.2, 0.25) is 0 Å². The van der Waals surface area contributed by atoms with Crippen molar-refractivity contribution in [2.45, 2.75) is 46.4 Å². The molecule has 2 atom stereocenters. The van der Waals surface area contributed by atoms with Crippen molar-refractivity contribution in [1.29, 1.82) is 0 Å². The van der Waals surface area contributed by atoms with Crippen LogP contribution in [0.1, 0.15) is 30.9 Å². The first-order valence-electron chi connectivity index (χ1n) is 9.72. The van der Waals surface area contributed by atoms with E-state index in [4.69, 9.17) is 4.74 Å². The third-order valence-corrected chi connectivity index (χ3v) is 5.04. The normalized spacial score (nSPS) is 19.5. The number of ether oxygens (including phenoxy) is 1. The Morgan fingerprint density at radius 3 is 2.52 bits per heavy atom. The van der Waals surface area contributed by atoms with Gasteiger partial charge < -0.3 is 9.64 Å². The van der Waals surface area contributed by atoms with Gasteiger partial charge in [0.25, 0.3) is 5.56 Å². The molecule has 1 saturated heterocycles. The first kappa shape index (κ1) is 19.3. The second kappa shape index (κ2) is 7.75. The number of rotatable bonds is 4. The number of hydrogen-bond acceptors (Lipinski definition) is 7. The summed E-state index contributed by atoms with van der Waals surface area (Å²) in [6.07, 6.45) is 3.72. The topological polar surface area (TPSA) is 91.0 Å². The second-order valence-corrected chi connectivity index (χ2v) is 7.56. The highest BCUT2D eigenvalue weighted by Gasteiger charge is 2.23. The van der Waals surface area contributed by atoms with Gasteiger partial charge in [-0.25, -0.2) is 9.36 Å². The number of nitrogens with zero attached hydrogens (tertiary/aromatic N) is 7. The van der Waals surface area contributed by atoms with Gasteiger partial charge in [-0.3, -0.25) is 9.78 Å². The average Bonchev–Trinajstić information content (AvgIpc) is 3.04. The Kier molecular flexibility index (Phi) is 5.14. The molecule has 0 saturated carbocycles. The van der Waals surface area contributed by atoms with Crippen LogP contribution >= 0.6 is 0 Å². The molecule has 3 aromatic heterocycles. The molecular weight excluding hydrogens is 370 g/mol. The molecule has 4 rings (SSSR count). The maximum absolute atomic E-state index is 12.8. The van der Waals surface area contributed by atoms with Gasteiger partial charge in [-0.05, 0) is 39.8 Å². The van der Waals surface area contributed by atoms with Crippen molar-refractivity contribution in [3.05, 3.63) is 58.0 Å². The highest BCUT2D eigenvalue weighted by atomic mass is 16.5. The number of anilines is 1. The van der Waals surface area contributed by atoms with Crippen molar-refractivity contribution in [1.82, 2.24) is 29.8 Å². The lowest BCUT2D eigenvalue weighted by atomic mass is 10.2. The van der Waals surface area contributed by atoms with Crippen LogP contribution in [-0.4, -0.2) is 55.1 Å². The van der Waals surface area contributed by atoms with Gasteiger partial charge in [0, 0.05) is 24.8 Å². The monoisotopic (exact) mass is 395 g/mol. The Bertz CT molecular complexity index is 1050. The first-order valence-corrected chi connectivity index (χ1v) is 9.72. The third-order valence-electron chi connectivity index (χ3n) is 5.04. The quantitative estimate of drug-likeness (QED) is 0.661. The summed E-state index contributed by atoms with van der Waals surface area (Å²) in [5.74, 6) is 0. The Balaban J connectivity index is 1.60. The van der Waals surface area contributed by atoms with Crippen LogP contribution in [0.4, 0.5) is 5.69 Å². The van der Waals surface area contributed by atoms with E-state index in [1.165, 1.54) is 4.68 Å². The summed E-state index contributed by atoms with van der Waals surface area (Å²) in [5, 5.41) is 12.8. The van der Waals surface area contributed by atoms with E-state index in [9.17, 15) is 4.79 Å². The Morgan fingerprint density at radius 2 is 1.86 bits per heavy atom.